The third-order valence-electron chi connectivity index (χ3n) is 6.07. The fourth-order valence-electron chi connectivity index (χ4n) is 4.58. The minimum absolute atomic E-state index is 0.0184. The molecule has 2 aromatic rings. The van der Waals surface area contributed by atoms with Crippen LogP contribution in [0.25, 0.3) is 0 Å². The van der Waals surface area contributed by atoms with Crippen molar-refractivity contribution in [3.63, 3.8) is 0 Å². The number of benzene rings is 2. The van der Waals surface area contributed by atoms with E-state index in [0.29, 0.717) is 11.5 Å². The van der Waals surface area contributed by atoms with Gasteiger partial charge < -0.3 is 14.8 Å². The van der Waals surface area contributed by atoms with Gasteiger partial charge in [0.15, 0.2) is 6.23 Å². The second kappa shape index (κ2) is 8.88. The van der Waals surface area contributed by atoms with Gasteiger partial charge in [-0.05, 0) is 68.9 Å². The van der Waals surface area contributed by atoms with Gasteiger partial charge in [0.05, 0.1) is 11.7 Å². The van der Waals surface area contributed by atoms with E-state index >= 15 is 0 Å². The van der Waals surface area contributed by atoms with Crippen LogP contribution >= 0.6 is 0 Å². The monoisotopic (exact) mass is 408 g/mol. The molecule has 0 radical (unpaired) electrons. The Morgan fingerprint density at radius 2 is 2.00 bits per heavy atom. The summed E-state index contributed by atoms with van der Waals surface area (Å²) in [6, 6.07) is 16.2. The van der Waals surface area contributed by atoms with Crippen LogP contribution in [0.1, 0.15) is 54.1 Å². The summed E-state index contributed by atoms with van der Waals surface area (Å²) >= 11 is 0. The molecule has 2 aromatic carbocycles. The summed E-state index contributed by atoms with van der Waals surface area (Å²) in [4.78, 5) is 13.2. The van der Waals surface area contributed by atoms with Crippen LogP contribution in [0.2, 0.25) is 0 Å². The zero-order valence-electron chi connectivity index (χ0n) is 18.1. The molecule has 2 aliphatic rings. The van der Waals surface area contributed by atoms with Crippen LogP contribution in [0.15, 0.2) is 48.5 Å². The maximum atomic E-state index is 13.2. The Morgan fingerprint density at radius 3 is 2.73 bits per heavy atom. The summed E-state index contributed by atoms with van der Waals surface area (Å²) in [6.07, 6.45) is 1.30. The quantitative estimate of drug-likeness (QED) is 0.737. The lowest BCUT2D eigenvalue weighted by molar-refractivity contribution is -0.131. The topological polar surface area (TPSA) is 59.6 Å². The molecule has 0 saturated carbocycles. The Kier molecular flexibility index (Phi) is 6.23. The highest BCUT2D eigenvalue weighted by atomic mass is 16.5. The average molecular weight is 409 g/mol. The lowest BCUT2D eigenvalue weighted by atomic mass is 9.80. The SMILES string of the molecule is Cc1cc(C(=O)C2NCCC3(CNCC(c4ccccc4)C3)O2)ccc1OC(C)C. The van der Waals surface area contributed by atoms with Gasteiger partial charge in [0.2, 0.25) is 5.78 Å². The predicted molar refractivity (Wildman–Crippen MR) is 118 cm³/mol. The van der Waals surface area contributed by atoms with E-state index in [4.69, 9.17) is 9.47 Å². The Balaban J connectivity index is 1.48. The smallest absolute Gasteiger partial charge is 0.206 e. The van der Waals surface area contributed by atoms with Crippen molar-refractivity contribution in [1.82, 2.24) is 10.6 Å². The Bertz CT molecular complexity index is 879. The Labute approximate surface area is 179 Å². The number of carbonyl (C=O) groups is 1. The second-order valence-electron chi connectivity index (χ2n) is 8.84. The van der Waals surface area contributed by atoms with Crippen LogP contribution in [0.3, 0.4) is 0 Å². The minimum atomic E-state index is -0.619. The summed E-state index contributed by atoms with van der Waals surface area (Å²) in [5.41, 5.74) is 2.62. The van der Waals surface area contributed by atoms with Crippen molar-refractivity contribution in [2.24, 2.45) is 0 Å². The second-order valence-corrected chi connectivity index (χ2v) is 8.84. The van der Waals surface area contributed by atoms with Crippen LogP contribution in [0.4, 0.5) is 0 Å². The summed E-state index contributed by atoms with van der Waals surface area (Å²) in [6.45, 7) is 8.46. The molecule has 1 spiro atoms. The third-order valence-corrected chi connectivity index (χ3v) is 6.07. The largest absolute Gasteiger partial charge is 0.491 e. The molecule has 0 aromatic heterocycles. The maximum absolute atomic E-state index is 13.2. The zero-order chi connectivity index (χ0) is 21.1. The van der Waals surface area contributed by atoms with Crippen molar-refractivity contribution in [3.8, 4) is 5.75 Å². The molecule has 4 rings (SSSR count). The number of Topliss-reactive ketones (excluding diaryl/α,β-unsaturated/α-hetero) is 1. The normalized spacial score (nSPS) is 26.7. The Hall–Kier alpha value is -2.21. The number of carbonyl (C=O) groups excluding carboxylic acids is 1. The molecule has 30 heavy (non-hydrogen) atoms. The molecular weight excluding hydrogens is 376 g/mol. The van der Waals surface area contributed by atoms with Crippen LogP contribution < -0.4 is 15.4 Å². The maximum Gasteiger partial charge on any atom is 0.206 e. The standard InChI is InChI=1S/C25H32N2O3/c1-17(2)29-22-10-9-20(13-18(22)3)23(28)24-27-12-11-25(30-24)14-21(15-26-16-25)19-7-5-4-6-8-19/h4-10,13,17,21,24,26-27H,11-12,14-16H2,1-3H3. The molecule has 5 heteroatoms. The predicted octanol–water partition coefficient (Wildman–Crippen LogP) is 3.82. The highest BCUT2D eigenvalue weighted by molar-refractivity contribution is 5.99. The van der Waals surface area contributed by atoms with E-state index in [2.05, 4.69) is 34.9 Å². The van der Waals surface area contributed by atoms with Crippen LogP contribution in [0, 0.1) is 6.92 Å². The first-order valence-corrected chi connectivity index (χ1v) is 10.9. The fourth-order valence-corrected chi connectivity index (χ4v) is 4.58. The van der Waals surface area contributed by atoms with E-state index in [1.807, 2.05) is 45.0 Å². The van der Waals surface area contributed by atoms with Crippen molar-refractivity contribution in [2.75, 3.05) is 19.6 Å². The van der Waals surface area contributed by atoms with Gasteiger partial charge in [-0.25, -0.2) is 0 Å². The summed E-state index contributed by atoms with van der Waals surface area (Å²) in [5.74, 6) is 1.19. The zero-order valence-corrected chi connectivity index (χ0v) is 18.1. The molecular formula is C25H32N2O3. The summed E-state index contributed by atoms with van der Waals surface area (Å²) < 4.78 is 12.3. The number of piperidine rings is 1. The van der Waals surface area contributed by atoms with Gasteiger partial charge in [-0.2, -0.15) is 0 Å². The molecule has 0 bridgehead atoms. The molecule has 2 fully saturated rings. The van der Waals surface area contributed by atoms with Crippen molar-refractivity contribution in [3.05, 3.63) is 65.2 Å². The number of ether oxygens (including phenoxy) is 2. The molecule has 0 amide bonds. The number of rotatable bonds is 5. The molecule has 3 unspecified atom stereocenters. The first-order valence-electron chi connectivity index (χ1n) is 10.9. The average Bonchev–Trinajstić information content (AvgIpc) is 2.75. The van der Waals surface area contributed by atoms with Crippen molar-refractivity contribution >= 4 is 5.78 Å². The third kappa shape index (κ3) is 4.59. The lowest BCUT2D eigenvalue weighted by Gasteiger charge is -2.46. The number of nitrogens with one attached hydrogen (secondary N) is 2. The van der Waals surface area contributed by atoms with E-state index in [1.54, 1.807) is 0 Å². The first-order chi connectivity index (χ1) is 14.5. The van der Waals surface area contributed by atoms with Gasteiger partial charge >= 0.3 is 0 Å². The molecule has 2 saturated heterocycles. The van der Waals surface area contributed by atoms with E-state index in [1.165, 1.54) is 5.56 Å². The van der Waals surface area contributed by atoms with E-state index < -0.39 is 6.23 Å². The molecule has 0 aliphatic carbocycles. The first kappa shape index (κ1) is 21.0. The van der Waals surface area contributed by atoms with Crippen molar-refractivity contribution < 1.29 is 14.3 Å². The van der Waals surface area contributed by atoms with Crippen molar-refractivity contribution in [1.29, 1.82) is 0 Å². The van der Waals surface area contributed by atoms with E-state index in [0.717, 1.165) is 43.8 Å². The van der Waals surface area contributed by atoms with Gasteiger partial charge in [-0.15, -0.1) is 0 Å². The van der Waals surface area contributed by atoms with Gasteiger partial charge in [0, 0.05) is 25.2 Å². The van der Waals surface area contributed by atoms with Crippen LogP contribution in [0.5, 0.6) is 5.75 Å². The van der Waals surface area contributed by atoms with Gasteiger partial charge in [0.25, 0.3) is 0 Å². The summed E-state index contributed by atoms with van der Waals surface area (Å²) in [5, 5.41) is 6.83. The Morgan fingerprint density at radius 1 is 1.20 bits per heavy atom. The highest BCUT2D eigenvalue weighted by Crippen LogP contribution is 2.36. The molecule has 3 atom stereocenters. The number of hydrogen-bond acceptors (Lipinski definition) is 5. The van der Waals surface area contributed by atoms with Gasteiger partial charge in [-0.1, -0.05) is 30.3 Å². The van der Waals surface area contributed by atoms with E-state index in [9.17, 15) is 4.79 Å². The lowest BCUT2D eigenvalue weighted by Crippen LogP contribution is -2.60. The molecule has 2 heterocycles. The molecule has 160 valence electrons. The van der Waals surface area contributed by atoms with Crippen LogP contribution in [-0.2, 0) is 4.74 Å². The number of aryl methyl sites for hydroxylation is 1. The van der Waals surface area contributed by atoms with Gasteiger partial charge in [-0.3, -0.25) is 10.1 Å². The van der Waals surface area contributed by atoms with Crippen molar-refractivity contribution in [2.45, 2.75) is 57.5 Å². The number of ketones is 1. The molecule has 5 nitrogen and oxygen atoms in total. The van der Waals surface area contributed by atoms with Gasteiger partial charge in [0.1, 0.15) is 5.75 Å². The fraction of sp³-hybridized carbons (Fsp3) is 0.480. The highest BCUT2D eigenvalue weighted by Gasteiger charge is 2.43. The minimum Gasteiger partial charge on any atom is -0.491 e. The van der Waals surface area contributed by atoms with Crippen LogP contribution in [-0.4, -0.2) is 43.4 Å². The molecule has 2 N–H and O–H groups in total. The summed E-state index contributed by atoms with van der Waals surface area (Å²) in [7, 11) is 0. The van der Waals surface area contributed by atoms with E-state index in [-0.39, 0.29) is 17.5 Å². The molecule has 2 aliphatic heterocycles. The number of hydrogen-bond donors (Lipinski definition) is 2.